The Morgan fingerprint density at radius 1 is 1.09 bits per heavy atom. The molecule has 1 aliphatic rings. The van der Waals surface area contributed by atoms with E-state index in [1.807, 2.05) is 18.2 Å². The van der Waals surface area contributed by atoms with Gasteiger partial charge in [-0.1, -0.05) is 35.6 Å². The van der Waals surface area contributed by atoms with Gasteiger partial charge in [0, 0.05) is 12.1 Å². The van der Waals surface area contributed by atoms with E-state index in [-0.39, 0.29) is 17.9 Å². The summed E-state index contributed by atoms with van der Waals surface area (Å²) >= 11 is 1.16. The van der Waals surface area contributed by atoms with Gasteiger partial charge in [0.25, 0.3) is 11.2 Å². The fraction of sp³-hybridized carbons (Fsp3) is 0.0870. The molecule has 0 spiro atoms. The third kappa shape index (κ3) is 3.39. The van der Waals surface area contributed by atoms with Crippen molar-refractivity contribution < 1.29 is 18.8 Å². The highest BCUT2D eigenvalue weighted by Gasteiger charge is 2.27. The van der Waals surface area contributed by atoms with Crippen LogP contribution in [0.1, 0.15) is 17.7 Å². The van der Waals surface area contributed by atoms with E-state index in [9.17, 15) is 14.9 Å². The second-order valence-corrected chi connectivity index (χ2v) is 8.43. The molecule has 0 bridgehead atoms. The summed E-state index contributed by atoms with van der Waals surface area (Å²) in [5, 5.41) is 15.6. The molecule has 0 saturated heterocycles. The first-order valence-electron chi connectivity index (χ1n) is 10.2. The standard InChI is InChI=1S/C23H14N4O6S/c28-22-20(11-13-9-10-16(32-13)14-5-1-2-6-15(14)27(29)30)34-23-24-21(25-26(22)23)19-12-31-17-7-3-4-8-18(17)33-19/h1-11,19H,12H2/b20-11+/t19-/m1/s1. The van der Waals surface area contributed by atoms with E-state index >= 15 is 0 Å². The van der Waals surface area contributed by atoms with Gasteiger partial charge in [-0.25, -0.2) is 0 Å². The van der Waals surface area contributed by atoms with Gasteiger partial charge in [0.2, 0.25) is 4.96 Å². The van der Waals surface area contributed by atoms with E-state index in [1.165, 1.54) is 10.6 Å². The predicted molar refractivity (Wildman–Crippen MR) is 122 cm³/mol. The third-order valence-corrected chi connectivity index (χ3v) is 6.22. The van der Waals surface area contributed by atoms with Crippen LogP contribution in [0, 0.1) is 10.1 Å². The van der Waals surface area contributed by atoms with Gasteiger partial charge >= 0.3 is 0 Å². The molecule has 0 amide bonds. The summed E-state index contributed by atoms with van der Waals surface area (Å²) in [6.07, 6.45) is 1.04. The van der Waals surface area contributed by atoms with Gasteiger partial charge in [-0.3, -0.25) is 14.9 Å². The summed E-state index contributed by atoms with van der Waals surface area (Å²) in [6, 6.07) is 16.9. The Bertz CT molecular complexity index is 1670. The summed E-state index contributed by atoms with van der Waals surface area (Å²) in [5.74, 6) is 2.33. The number of ether oxygens (including phenoxy) is 2. The Balaban J connectivity index is 1.31. The van der Waals surface area contributed by atoms with Crippen LogP contribution >= 0.6 is 11.3 Å². The van der Waals surface area contributed by atoms with Gasteiger partial charge in [0.1, 0.15) is 22.7 Å². The van der Waals surface area contributed by atoms with Crippen LogP contribution in [0.15, 0.2) is 69.9 Å². The van der Waals surface area contributed by atoms with Gasteiger partial charge in [-0.15, -0.1) is 5.10 Å². The van der Waals surface area contributed by atoms with Crippen LogP contribution in [-0.4, -0.2) is 26.1 Å². The number of para-hydroxylation sites is 3. The number of benzene rings is 2. The Labute approximate surface area is 194 Å². The number of rotatable bonds is 4. The van der Waals surface area contributed by atoms with Crippen molar-refractivity contribution in [2.24, 2.45) is 0 Å². The van der Waals surface area contributed by atoms with Crippen molar-refractivity contribution in [1.29, 1.82) is 0 Å². The zero-order valence-corrected chi connectivity index (χ0v) is 18.1. The highest BCUT2D eigenvalue weighted by atomic mass is 32.1. The zero-order valence-electron chi connectivity index (χ0n) is 17.3. The lowest BCUT2D eigenvalue weighted by Gasteiger charge is -2.24. The molecular weight excluding hydrogens is 460 g/mol. The summed E-state index contributed by atoms with van der Waals surface area (Å²) < 4.78 is 19.0. The van der Waals surface area contributed by atoms with Crippen LogP contribution in [0.3, 0.4) is 0 Å². The molecule has 0 unspecified atom stereocenters. The highest BCUT2D eigenvalue weighted by Crippen LogP contribution is 2.35. The largest absolute Gasteiger partial charge is 0.485 e. The maximum atomic E-state index is 12.9. The number of fused-ring (bicyclic) bond motifs is 2. The molecule has 2 aromatic carbocycles. The summed E-state index contributed by atoms with van der Waals surface area (Å²) in [4.78, 5) is 28.6. The van der Waals surface area contributed by atoms with Crippen molar-refractivity contribution in [3.63, 3.8) is 0 Å². The number of hydrogen-bond acceptors (Lipinski definition) is 9. The molecule has 11 heteroatoms. The SMILES string of the molecule is O=c1/c(=C\c2ccc(-c3ccccc3[N+](=O)[O-])o2)sc2nc([C@H]3COc4ccccc4O3)nn12. The second-order valence-electron chi connectivity index (χ2n) is 7.42. The molecule has 3 aromatic heterocycles. The zero-order chi connectivity index (χ0) is 23.2. The van der Waals surface area contributed by atoms with Crippen molar-refractivity contribution in [3.05, 3.63) is 97.2 Å². The molecule has 0 fully saturated rings. The number of aromatic nitrogens is 3. The van der Waals surface area contributed by atoms with Crippen molar-refractivity contribution in [1.82, 2.24) is 14.6 Å². The number of nitrogens with zero attached hydrogens (tertiary/aromatic N) is 4. The monoisotopic (exact) mass is 474 g/mol. The topological polar surface area (TPSA) is 122 Å². The van der Waals surface area contributed by atoms with Gasteiger partial charge in [-0.2, -0.15) is 9.50 Å². The molecule has 0 N–H and O–H groups in total. The molecule has 6 rings (SSSR count). The maximum absolute atomic E-state index is 12.9. The molecule has 1 aliphatic heterocycles. The second kappa shape index (κ2) is 7.81. The van der Waals surface area contributed by atoms with Gasteiger partial charge < -0.3 is 13.9 Å². The van der Waals surface area contributed by atoms with E-state index in [2.05, 4.69) is 10.1 Å². The van der Waals surface area contributed by atoms with Crippen molar-refractivity contribution >= 4 is 28.1 Å². The maximum Gasteiger partial charge on any atom is 0.291 e. The Morgan fingerprint density at radius 2 is 1.88 bits per heavy atom. The first-order valence-corrected chi connectivity index (χ1v) is 11.0. The van der Waals surface area contributed by atoms with E-state index in [0.717, 1.165) is 11.3 Å². The molecular formula is C23H14N4O6S. The predicted octanol–water partition coefficient (Wildman–Crippen LogP) is 3.38. The molecule has 0 aliphatic carbocycles. The summed E-state index contributed by atoms with van der Waals surface area (Å²) in [7, 11) is 0. The minimum Gasteiger partial charge on any atom is -0.485 e. The molecule has 0 saturated carbocycles. The molecule has 34 heavy (non-hydrogen) atoms. The van der Waals surface area contributed by atoms with Crippen LogP contribution < -0.4 is 19.6 Å². The lowest BCUT2D eigenvalue weighted by atomic mass is 10.1. The van der Waals surface area contributed by atoms with Gasteiger partial charge in [-0.05, 0) is 30.3 Å². The minimum absolute atomic E-state index is 0.0595. The lowest BCUT2D eigenvalue weighted by Crippen LogP contribution is -2.26. The van der Waals surface area contributed by atoms with E-state index in [0.29, 0.717) is 43.9 Å². The molecule has 4 heterocycles. The summed E-state index contributed by atoms with van der Waals surface area (Å²) in [6.45, 7) is 0.239. The Morgan fingerprint density at radius 3 is 2.71 bits per heavy atom. The van der Waals surface area contributed by atoms with Crippen LogP contribution in [0.2, 0.25) is 0 Å². The number of thiazole rings is 1. The highest BCUT2D eigenvalue weighted by molar-refractivity contribution is 7.15. The first kappa shape index (κ1) is 20.1. The third-order valence-electron chi connectivity index (χ3n) is 5.26. The number of furan rings is 1. The fourth-order valence-electron chi connectivity index (χ4n) is 3.68. The van der Waals surface area contributed by atoms with Crippen LogP contribution in [0.5, 0.6) is 11.5 Å². The first-order chi connectivity index (χ1) is 16.6. The van der Waals surface area contributed by atoms with Crippen molar-refractivity contribution in [2.45, 2.75) is 6.10 Å². The van der Waals surface area contributed by atoms with E-state index in [1.54, 1.807) is 42.5 Å². The van der Waals surface area contributed by atoms with Crippen molar-refractivity contribution in [3.8, 4) is 22.8 Å². The van der Waals surface area contributed by atoms with Crippen LogP contribution in [0.4, 0.5) is 5.69 Å². The number of nitro benzene ring substituents is 1. The van der Waals surface area contributed by atoms with Crippen molar-refractivity contribution in [2.75, 3.05) is 6.61 Å². The van der Waals surface area contributed by atoms with Crippen LogP contribution in [-0.2, 0) is 0 Å². The quantitative estimate of drug-likeness (QED) is 0.287. The summed E-state index contributed by atoms with van der Waals surface area (Å²) in [5.41, 5.74) is -0.0478. The molecule has 5 aromatic rings. The average molecular weight is 474 g/mol. The molecule has 10 nitrogen and oxygen atoms in total. The Kier molecular flexibility index (Phi) is 4.62. The van der Waals surface area contributed by atoms with Gasteiger partial charge in [0.15, 0.2) is 23.4 Å². The van der Waals surface area contributed by atoms with Crippen LogP contribution in [0.25, 0.3) is 22.4 Å². The smallest absolute Gasteiger partial charge is 0.291 e. The lowest BCUT2D eigenvalue weighted by molar-refractivity contribution is -0.384. The number of nitro groups is 1. The molecule has 168 valence electrons. The fourth-order valence-corrected chi connectivity index (χ4v) is 4.57. The minimum atomic E-state index is -0.525. The van der Waals surface area contributed by atoms with Gasteiger partial charge in [0.05, 0.1) is 10.5 Å². The number of hydrogen-bond donors (Lipinski definition) is 0. The van der Waals surface area contributed by atoms with E-state index in [4.69, 9.17) is 13.9 Å². The normalized spacial score (nSPS) is 15.6. The molecule has 1 atom stereocenters. The van der Waals surface area contributed by atoms with E-state index < -0.39 is 11.0 Å². The molecule has 0 radical (unpaired) electrons. The average Bonchev–Trinajstić information content (AvgIpc) is 3.56. The Hall–Kier alpha value is -4.51.